The van der Waals surface area contributed by atoms with Gasteiger partial charge in [-0.2, -0.15) is 0 Å². The topological polar surface area (TPSA) is 32.8 Å². The van der Waals surface area contributed by atoms with Gasteiger partial charge in [-0.15, -0.1) is 0 Å². The molecule has 4 rings (SSSR count). The summed E-state index contributed by atoms with van der Waals surface area (Å²) in [6, 6.07) is 24.2. The van der Waals surface area contributed by atoms with Crippen LogP contribution in [-0.2, 0) is 4.74 Å². The molecule has 0 radical (unpaired) electrons. The fourth-order valence-corrected chi connectivity index (χ4v) is 3.54. The zero-order valence-electron chi connectivity index (χ0n) is 15.4. The first-order valence-electron chi connectivity index (χ1n) is 9.48. The van der Waals surface area contributed by atoms with Gasteiger partial charge in [-0.3, -0.25) is 4.90 Å². The van der Waals surface area contributed by atoms with Gasteiger partial charge in [-0.05, 0) is 35.0 Å². The van der Waals surface area contributed by atoms with E-state index in [-0.39, 0.29) is 5.97 Å². The lowest BCUT2D eigenvalue weighted by Crippen LogP contribution is -2.47. The Morgan fingerprint density at radius 3 is 2.30 bits per heavy atom. The van der Waals surface area contributed by atoms with Gasteiger partial charge < -0.3 is 9.64 Å². The fraction of sp³-hybridized carbons (Fsp3) is 0.261. The number of rotatable bonds is 5. The van der Waals surface area contributed by atoms with Gasteiger partial charge in [0.25, 0.3) is 0 Å². The number of anilines is 1. The summed E-state index contributed by atoms with van der Waals surface area (Å²) < 4.78 is 5.50. The highest BCUT2D eigenvalue weighted by molar-refractivity contribution is 5.95. The third-order valence-electron chi connectivity index (χ3n) is 5.12. The number of fused-ring (bicyclic) bond motifs is 1. The van der Waals surface area contributed by atoms with Crippen LogP contribution in [0.4, 0.5) is 5.69 Å². The number of esters is 1. The number of nitrogens with zero attached hydrogens (tertiary/aromatic N) is 2. The first-order valence-corrected chi connectivity index (χ1v) is 9.48. The maximum Gasteiger partial charge on any atom is 0.338 e. The van der Waals surface area contributed by atoms with Crippen LogP contribution in [0.25, 0.3) is 10.8 Å². The molecule has 0 aromatic heterocycles. The average Bonchev–Trinajstić information content (AvgIpc) is 2.74. The highest BCUT2D eigenvalue weighted by Gasteiger charge is 2.17. The Morgan fingerprint density at radius 2 is 1.52 bits per heavy atom. The zero-order chi connectivity index (χ0) is 18.5. The monoisotopic (exact) mass is 360 g/mol. The van der Waals surface area contributed by atoms with Gasteiger partial charge >= 0.3 is 5.97 Å². The summed E-state index contributed by atoms with van der Waals surface area (Å²) in [6.45, 7) is 5.19. The van der Waals surface area contributed by atoms with Gasteiger partial charge in [0, 0.05) is 38.4 Å². The second-order valence-electron chi connectivity index (χ2n) is 6.86. The van der Waals surface area contributed by atoms with Crippen molar-refractivity contribution in [3.8, 4) is 0 Å². The van der Waals surface area contributed by atoms with E-state index < -0.39 is 0 Å². The van der Waals surface area contributed by atoms with Crippen LogP contribution in [0.5, 0.6) is 0 Å². The van der Waals surface area contributed by atoms with Gasteiger partial charge in [0.15, 0.2) is 0 Å². The molecule has 1 aliphatic rings. The number of benzene rings is 3. The quantitative estimate of drug-likeness (QED) is 0.648. The van der Waals surface area contributed by atoms with E-state index in [0.717, 1.165) is 43.5 Å². The molecule has 0 atom stereocenters. The third-order valence-corrected chi connectivity index (χ3v) is 5.12. The molecule has 1 saturated heterocycles. The number of hydrogen-bond acceptors (Lipinski definition) is 4. The second-order valence-corrected chi connectivity index (χ2v) is 6.86. The standard InChI is InChI=1S/C23H24N2O2/c26-23(21-11-10-19-6-4-5-7-20(19)18-21)27-17-16-24-12-14-25(15-13-24)22-8-2-1-3-9-22/h1-11,18H,12-17H2. The smallest absolute Gasteiger partial charge is 0.338 e. The maximum absolute atomic E-state index is 12.3. The molecule has 0 aliphatic carbocycles. The van der Waals surface area contributed by atoms with Crippen LogP contribution in [0.1, 0.15) is 10.4 Å². The van der Waals surface area contributed by atoms with E-state index in [0.29, 0.717) is 12.2 Å². The number of carbonyl (C=O) groups is 1. The summed E-state index contributed by atoms with van der Waals surface area (Å²) in [5.74, 6) is -0.247. The average molecular weight is 360 g/mol. The van der Waals surface area contributed by atoms with Crippen molar-refractivity contribution >= 4 is 22.4 Å². The molecule has 3 aromatic carbocycles. The Labute approximate surface area is 160 Å². The minimum Gasteiger partial charge on any atom is -0.461 e. The molecule has 3 aromatic rings. The van der Waals surface area contributed by atoms with Gasteiger partial charge in [0.1, 0.15) is 6.61 Å². The van der Waals surface area contributed by atoms with Crippen molar-refractivity contribution in [3.05, 3.63) is 78.4 Å². The predicted octanol–water partition coefficient (Wildman–Crippen LogP) is 3.82. The van der Waals surface area contributed by atoms with Crippen LogP contribution in [0.3, 0.4) is 0 Å². The number of hydrogen-bond donors (Lipinski definition) is 0. The fourth-order valence-electron chi connectivity index (χ4n) is 3.54. The Kier molecular flexibility index (Phi) is 5.35. The first-order chi connectivity index (χ1) is 13.3. The van der Waals surface area contributed by atoms with E-state index in [1.54, 1.807) is 0 Å². The minimum atomic E-state index is -0.247. The normalized spacial score (nSPS) is 15.0. The molecule has 1 aliphatic heterocycles. The van der Waals surface area contributed by atoms with E-state index in [9.17, 15) is 4.79 Å². The van der Waals surface area contributed by atoms with Gasteiger partial charge in [0.2, 0.25) is 0 Å². The molecule has 0 saturated carbocycles. The van der Waals surface area contributed by atoms with Crippen LogP contribution in [-0.4, -0.2) is 50.2 Å². The zero-order valence-corrected chi connectivity index (χ0v) is 15.4. The Hall–Kier alpha value is -2.85. The minimum absolute atomic E-state index is 0.247. The molecule has 0 spiro atoms. The third kappa shape index (κ3) is 4.29. The van der Waals surface area contributed by atoms with E-state index in [1.807, 2.05) is 48.5 Å². The first kappa shape index (κ1) is 17.6. The summed E-state index contributed by atoms with van der Waals surface area (Å²) in [4.78, 5) is 17.1. The lowest BCUT2D eigenvalue weighted by atomic mass is 10.1. The molecule has 0 amide bonds. The molecule has 1 heterocycles. The van der Waals surface area contributed by atoms with Gasteiger partial charge in [-0.25, -0.2) is 4.79 Å². The summed E-state index contributed by atoms with van der Waals surface area (Å²) in [7, 11) is 0. The van der Waals surface area contributed by atoms with E-state index in [4.69, 9.17) is 4.74 Å². The molecule has 0 unspecified atom stereocenters. The van der Waals surface area contributed by atoms with E-state index >= 15 is 0 Å². The SMILES string of the molecule is O=C(OCCN1CCN(c2ccccc2)CC1)c1ccc2ccccc2c1. The molecule has 0 bridgehead atoms. The van der Waals surface area contributed by atoms with Crippen molar-refractivity contribution in [1.82, 2.24) is 4.90 Å². The number of para-hydroxylation sites is 1. The van der Waals surface area contributed by atoms with Crippen LogP contribution >= 0.6 is 0 Å². The summed E-state index contributed by atoms with van der Waals surface area (Å²) in [5.41, 5.74) is 1.89. The highest BCUT2D eigenvalue weighted by atomic mass is 16.5. The lowest BCUT2D eigenvalue weighted by Gasteiger charge is -2.35. The van der Waals surface area contributed by atoms with Crippen molar-refractivity contribution in [2.24, 2.45) is 0 Å². The molecule has 4 nitrogen and oxygen atoms in total. The van der Waals surface area contributed by atoms with Crippen LogP contribution in [0, 0.1) is 0 Å². The van der Waals surface area contributed by atoms with E-state index in [2.05, 4.69) is 34.1 Å². The maximum atomic E-state index is 12.3. The van der Waals surface area contributed by atoms with E-state index in [1.165, 1.54) is 5.69 Å². The molecular weight excluding hydrogens is 336 g/mol. The summed E-state index contributed by atoms with van der Waals surface area (Å²) >= 11 is 0. The molecular formula is C23H24N2O2. The largest absolute Gasteiger partial charge is 0.461 e. The number of ether oxygens (including phenoxy) is 1. The van der Waals surface area contributed by atoms with Crippen LogP contribution in [0.15, 0.2) is 72.8 Å². The summed E-state index contributed by atoms with van der Waals surface area (Å²) in [6.07, 6.45) is 0. The lowest BCUT2D eigenvalue weighted by molar-refractivity contribution is 0.0459. The highest BCUT2D eigenvalue weighted by Crippen LogP contribution is 2.17. The molecule has 0 N–H and O–H groups in total. The molecule has 27 heavy (non-hydrogen) atoms. The van der Waals surface area contributed by atoms with Crippen molar-refractivity contribution in [2.45, 2.75) is 0 Å². The van der Waals surface area contributed by atoms with Crippen molar-refractivity contribution in [1.29, 1.82) is 0 Å². The Bertz CT molecular complexity index is 902. The van der Waals surface area contributed by atoms with Gasteiger partial charge in [0.05, 0.1) is 5.56 Å². The molecule has 1 fully saturated rings. The number of carbonyl (C=O) groups excluding carboxylic acids is 1. The Morgan fingerprint density at radius 1 is 0.815 bits per heavy atom. The number of piperazine rings is 1. The van der Waals surface area contributed by atoms with Gasteiger partial charge in [-0.1, -0.05) is 48.5 Å². The summed E-state index contributed by atoms with van der Waals surface area (Å²) in [5, 5.41) is 2.19. The van der Waals surface area contributed by atoms with Crippen molar-refractivity contribution in [2.75, 3.05) is 44.2 Å². The van der Waals surface area contributed by atoms with Crippen LogP contribution < -0.4 is 4.90 Å². The van der Waals surface area contributed by atoms with Crippen molar-refractivity contribution in [3.63, 3.8) is 0 Å². The molecule has 4 heteroatoms. The van der Waals surface area contributed by atoms with Crippen LogP contribution in [0.2, 0.25) is 0 Å². The molecule has 138 valence electrons. The second kappa shape index (κ2) is 8.23. The Balaban J connectivity index is 1.24. The predicted molar refractivity (Wildman–Crippen MR) is 109 cm³/mol. The van der Waals surface area contributed by atoms with Crippen molar-refractivity contribution < 1.29 is 9.53 Å².